The van der Waals surface area contributed by atoms with Crippen LogP contribution in [0, 0.1) is 6.92 Å². The van der Waals surface area contributed by atoms with E-state index in [0.717, 1.165) is 6.42 Å². The van der Waals surface area contributed by atoms with Gasteiger partial charge in [-0.2, -0.15) is 0 Å². The van der Waals surface area contributed by atoms with E-state index >= 15 is 0 Å². The summed E-state index contributed by atoms with van der Waals surface area (Å²) < 4.78 is 4.82. The molecule has 3 heteroatoms. The summed E-state index contributed by atoms with van der Waals surface area (Å²) in [6.07, 6.45) is 0.473. The number of rotatable bonds is 4. The minimum absolute atomic E-state index is 0.0850. The highest BCUT2D eigenvalue weighted by Gasteiger charge is 2.07. The molecule has 1 atom stereocenters. The Hall–Kier alpha value is -1.51. The molecule has 0 radical (unpaired) electrons. The van der Waals surface area contributed by atoms with E-state index < -0.39 is 0 Å². The first-order chi connectivity index (χ1) is 7.61. The number of aryl methyl sites for hydroxylation is 1. The summed E-state index contributed by atoms with van der Waals surface area (Å²) in [4.78, 5) is 11.2. The van der Waals surface area contributed by atoms with E-state index in [9.17, 15) is 4.79 Å². The number of amides is 1. The van der Waals surface area contributed by atoms with Crippen LogP contribution >= 0.6 is 0 Å². The SMILES string of the molecule is CCOC(=O)NC(C)Cc1ccc(C)cc1. The molecule has 88 valence electrons. The van der Waals surface area contributed by atoms with Crippen LogP contribution in [0.15, 0.2) is 24.3 Å². The topological polar surface area (TPSA) is 38.3 Å². The highest BCUT2D eigenvalue weighted by Crippen LogP contribution is 2.06. The molecule has 1 aromatic carbocycles. The molecule has 0 aromatic heterocycles. The van der Waals surface area contributed by atoms with Gasteiger partial charge in [-0.25, -0.2) is 4.79 Å². The van der Waals surface area contributed by atoms with Crippen LogP contribution in [0.3, 0.4) is 0 Å². The highest BCUT2D eigenvalue weighted by atomic mass is 16.5. The van der Waals surface area contributed by atoms with E-state index in [-0.39, 0.29) is 12.1 Å². The molecule has 0 saturated carbocycles. The largest absolute Gasteiger partial charge is 0.450 e. The van der Waals surface area contributed by atoms with E-state index in [4.69, 9.17) is 4.74 Å². The second-order valence-corrected chi connectivity index (χ2v) is 3.96. The van der Waals surface area contributed by atoms with Crippen LogP contribution in [0.2, 0.25) is 0 Å². The third-order valence-corrected chi connectivity index (χ3v) is 2.30. The molecule has 0 fully saturated rings. The Kier molecular flexibility index (Phi) is 4.83. The minimum Gasteiger partial charge on any atom is -0.450 e. The van der Waals surface area contributed by atoms with E-state index in [1.165, 1.54) is 11.1 Å². The summed E-state index contributed by atoms with van der Waals surface area (Å²) in [5.74, 6) is 0. The molecule has 1 rings (SSSR count). The molecular formula is C13H19NO2. The first-order valence-corrected chi connectivity index (χ1v) is 5.60. The van der Waals surface area contributed by atoms with Crippen LogP contribution in [0.25, 0.3) is 0 Å². The molecule has 3 nitrogen and oxygen atoms in total. The number of nitrogens with one attached hydrogen (secondary N) is 1. The van der Waals surface area contributed by atoms with Gasteiger partial charge in [0.2, 0.25) is 0 Å². The zero-order valence-corrected chi connectivity index (χ0v) is 10.1. The monoisotopic (exact) mass is 221 g/mol. The molecule has 1 aromatic rings. The lowest BCUT2D eigenvalue weighted by molar-refractivity contribution is 0.149. The fourth-order valence-electron chi connectivity index (χ4n) is 1.50. The Morgan fingerprint density at radius 3 is 2.56 bits per heavy atom. The third kappa shape index (κ3) is 4.34. The van der Waals surface area contributed by atoms with Crippen molar-refractivity contribution in [2.24, 2.45) is 0 Å². The van der Waals surface area contributed by atoms with Crippen LogP contribution in [-0.2, 0) is 11.2 Å². The minimum atomic E-state index is -0.345. The van der Waals surface area contributed by atoms with Gasteiger partial charge in [0.15, 0.2) is 0 Å². The number of carbonyl (C=O) groups is 1. The fraction of sp³-hybridized carbons (Fsp3) is 0.462. The normalized spacial score (nSPS) is 11.9. The molecule has 16 heavy (non-hydrogen) atoms. The van der Waals surface area contributed by atoms with Crippen molar-refractivity contribution in [3.05, 3.63) is 35.4 Å². The second kappa shape index (κ2) is 6.16. The Morgan fingerprint density at radius 2 is 2.00 bits per heavy atom. The van der Waals surface area contributed by atoms with Gasteiger partial charge in [0.25, 0.3) is 0 Å². The van der Waals surface area contributed by atoms with Crippen molar-refractivity contribution in [3.63, 3.8) is 0 Å². The van der Waals surface area contributed by atoms with Gasteiger partial charge in [-0.05, 0) is 32.8 Å². The Balaban J connectivity index is 2.42. The quantitative estimate of drug-likeness (QED) is 0.848. The van der Waals surface area contributed by atoms with Gasteiger partial charge in [-0.3, -0.25) is 0 Å². The summed E-state index contributed by atoms with van der Waals surface area (Å²) in [6.45, 7) is 6.23. The Bertz CT molecular complexity index is 332. The standard InChI is InChI=1S/C13H19NO2/c1-4-16-13(15)14-11(3)9-12-7-5-10(2)6-8-12/h5-8,11H,4,9H2,1-3H3,(H,14,15). The van der Waals surface area contributed by atoms with Crippen molar-refractivity contribution < 1.29 is 9.53 Å². The molecule has 0 heterocycles. The maximum absolute atomic E-state index is 11.2. The van der Waals surface area contributed by atoms with Gasteiger partial charge >= 0.3 is 6.09 Å². The Labute approximate surface area is 96.8 Å². The molecule has 0 aliphatic rings. The number of benzene rings is 1. The summed E-state index contributed by atoms with van der Waals surface area (Å²) in [5, 5.41) is 2.78. The number of carbonyl (C=O) groups excluding carboxylic acids is 1. The summed E-state index contributed by atoms with van der Waals surface area (Å²) in [7, 11) is 0. The van der Waals surface area contributed by atoms with Crippen molar-refractivity contribution in [1.29, 1.82) is 0 Å². The lowest BCUT2D eigenvalue weighted by Gasteiger charge is -2.13. The predicted octanol–water partition coefficient (Wildman–Crippen LogP) is 2.67. The molecule has 0 bridgehead atoms. The summed E-state index contributed by atoms with van der Waals surface area (Å²) in [6, 6.07) is 8.40. The smallest absolute Gasteiger partial charge is 0.407 e. The lowest BCUT2D eigenvalue weighted by Crippen LogP contribution is -2.34. The van der Waals surface area contributed by atoms with E-state index in [2.05, 4.69) is 36.5 Å². The summed E-state index contributed by atoms with van der Waals surface area (Å²) in [5.41, 5.74) is 2.46. The van der Waals surface area contributed by atoms with Crippen LogP contribution in [0.4, 0.5) is 4.79 Å². The molecule has 0 saturated heterocycles. The van der Waals surface area contributed by atoms with Crippen molar-refractivity contribution in [3.8, 4) is 0 Å². The zero-order valence-electron chi connectivity index (χ0n) is 10.1. The second-order valence-electron chi connectivity index (χ2n) is 3.96. The van der Waals surface area contributed by atoms with Crippen molar-refractivity contribution in [1.82, 2.24) is 5.32 Å². The average Bonchev–Trinajstić information content (AvgIpc) is 2.21. The average molecular weight is 221 g/mol. The lowest BCUT2D eigenvalue weighted by atomic mass is 10.1. The van der Waals surface area contributed by atoms with Gasteiger partial charge in [0.05, 0.1) is 6.61 Å². The van der Waals surface area contributed by atoms with Crippen LogP contribution < -0.4 is 5.32 Å². The van der Waals surface area contributed by atoms with Crippen molar-refractivity contribution in [2.45, 2.75) is 33.2 Å². The molecule has 0 aliphatic heterocycles. The van der Waals surface area contributed by atoms with Gasteiger partial charge in [0.1, 0.15) is 0 Å². The van der Waals surface area contributed by atoms with Crippen molar-refractivity contribution in [2.75, 3.05) is 6.61 Å². The molecule has 1 N–H and O–H groups in total. The zero-order chi connectivity index (χ0) is 12.0. The molecule has 1 unspecified atom stereocenters. The third-order valence-electron chi connectivity index (χ3n) is 2.30. The number of ether oxygens (including phenoxy) is 1. The maximum atomic E-state index is 11.2. The van der Waals surface area contributed by atoms with Crippen LogP contribution in [0.5, 0.6) is 0 Å². The van der Waals surface area contributed by atoms with Gasteiger partial charge in [-0.1, -0.05) is 29.8 Å². The van der Waals surface area contributed by atoms with Crippen LogP contribution in [-0.4, -0.2) is 18.7 Å². The molecule has 0 aliphatic carbocycles. The van der Waals surface area contributed by atoms with Crippen molar-refractivity contribution >= 4 is 6.09 Å². The maximum Gasteiger partial charge on any atom is 0.407 e. The van der Waals surface area contributed by atoms with E-state index in [0.29, 0.717) is 6.61 Å². The number of hydrogen-bond acceptors (Lipinski definition) is 2. The summed E-state index contributed by atoms with van der Waals surface area (Å²) >= 11 is 0. The predicted molar refractivity (Wildman–Crippen MR) is 64.5 cm³/mol. The highest BCUT2D eigenvalue weighted by molar-refractivity contribution is 5.67. The molecular weight excluding hydrogens is 202 g/mol. The Morgan fingerprint density at radius 1 is 1.38 bits per heavy atom. The number of hydrogen-bond donors (Lipinski definition) is 1. The first kappa shape index (κ1) is 12.6. The first-order valence-electron chi connectivity index (χ1n) is 5.60. The van der Waals surface area contributed by atoms with Gasteiger partial charge < -0.3 is 10.1 Å². The fourth-order valence-corrected chi connectivity index (χ4v) is 1.50. The van der Waals surface area contributed by atoms with E-state index in [1.54, 1.807) is 6.92 Å². The van der Waals surface area contributed by atoms with Crippen LogP contribution in [0.1, 0.15) is 25.0 Å². The molecule has 0 spiro atoms. The number of alkyl carbamates (subject to hydrolysis) is 1. The van der Waals surface area contributed by atoms with Gasteiger partial charge in [-0.15, -0.1) is 0 Å². The van der Waals surface area contributed by atoms with E-state index in [1.807, 2.05) is 6.92 Å². The van der Waals surface area contributed by atoms with Gasteiger partial charge in [0, 0.05) is 6.04 Å². The molecule has 1 amide bonds.